The maximum Gasteiger partial charge on any atom is 0.304 e. The number of aliphatic carboxylic acids is 1. The van der Waals surface area contributed by atoms with Gasteiger partial charge in [0.1, 0.15) is 0 Å². The summed E-state index contributed by atoms with van der Waals surface area (Å²) < 4.78 is 188. The Kier molecular flexibility index (Phi) is 42.3. The Morgan fingerprint density at radius 1 is 0.480 bits per heavy atom. The highest BCUT2D eigenvalue weighted by Gasteiger charge is 2.61. The molecule has 0 aromatic carbocycles. The van der Waals surface area contributed by atoms with Crippen molar-refractivity contribution in [1.29, 1.82) is 0 Å². The Morgan fingerprint density at radius 2 is 0.760 bits per heavy atom. The van der Waals surface area contributed by atoms with Gasteiger partial charge in [-0.2, -0.15) is 0 Å². The van der Waals surface area contributed by atoms with Crippen molar-refractivity contribution < 1.29 is 92.2 Å². The maximum absolute atomic E-state index is 12.0. The van der Waals surface area contributed by atoms with Crippen molar-refractivity contribution in [1.82, 2.24) is 10.2 Å². The summed E-state index contributed by atoms with van der Waals surface area (Å²) in [7, 11) is -17.1. The van der Waals surface area contributed by atoms with Crippen LogP contribution in [-0.2, 0) is 23.6 Å². The molecule has 0 radical (unpaired) electrons. The Labute approximate surface area is 451 Å². The number of rotatable bonds is 39. The van der Waals surface area contributed by atoms with Gasteiger partial charge in [0.25, 0.3) is 0 Å². The summed E-state index contributed by atoms with van der Waals surface area (Å²) in [6, 6.07) is 0. The first-order chi connectivity index (χ1) is 33.8. The van der Waals surface area contributed by atoms with E-state index < -0.39 is 67.3 Å². The first-order valence-corrected chi connectivity index (χ1v) is 33.5. The van der Waals surface area contributed by atoms with Crippen LogP contribution in [0.4, 0.5) is 58.3 Å². The van der Waals surface area contributed by atoms with E-state index in [0.29, 0.717) is 102 Å². The zero-order valence-electron chi connectivity index (χ0n) is 42.7. The minimum atomic E-state index is -9.40. The van der Waals surface area contributed by atoms with Crippen LogP contribution in [0.15, 0.2) is 34.5 Å². The third-order valence-electron chi connectivity index (χ3n) is 9.49. The number of aliphatic hydroxyl groups excluding tert-OH is 2. The molecule has 1 amide bonds. The van der Waals surface area contributed by atoms with Crippen LogP contribution in [0.25, 0.3) is 0 Å². The van der Waals surface area contributed by atoms with Crippen LogP contribution < -0.4 is 5.32 Å². The lowest BCUT2D eigenvalue weighted by atomic mass is 10.1. The number of allylic oxidation sites excluding steroid dienone is 3. The van der Waals surface area contributed by atoms with Crippen molar-refractivity contribution in [3.8, 4) is 0 Å². The topological polar surface area (TPSA) is 144 Å². The fraction of sp³-hybridized carbons (Fsp3) is 0.795. The molecular formula is C44H82Cl3F15N2O7S4. The highest BCUT2D eigenvalue weighted by molar-refractivity contribution is 8.48. The number of hydrogen-bond acceptors (Lipinski definition) is 7. The molecule has 4 N–H and O–H groups in total. The molecule has 0 atom stereocenters. The molecule has 0 rings (SSSR count). The number of carboxylic acids is 1. The third-order valence-corrected chi connectivity index (χ3v) is 11.8. The second-order valence-corrected chi connectivity index (χ2v) is 27.2. The highest BCUT2D eigenvalue weighted by atomic mass is 36.0. The van der Waals surface area contributed by atoms with Crippen LogP contribution in [0.2, 0.25) is 0 Å². The second kappa shape index (κ2) is 38.4. The molecule has 0 heterocycles. The van der Waals surface area contributed by atoms with Crippen LogP contribution >= 0.6 is 63.6 Å². The molecule has 0 unspecified atom stereocenters. The summed E-state index contributed by atoms with van der Waals surface area (Å²) in [5.41, 5.74) is 0. The number of hydrogen-bond donors (Lipinski definition) is 4. The summed E-state index contributed by atoms with van der Waals surface area (Å²) >= 11 is 5.11. The molecule has 9 nitrogen and oxygen atoms in total. The van der Waals surface area contributed by atoms with Gasteiger partial charge in [-0.25, -0.2) is 4.21 Å². The second-order valence-electron chi connectivity index (χ2n) is 17.2. The fourth-order valence-corrected chi connectivity index (χ4v) is 7.47. The van der Waals surface area contributed by atoms with E-state index in [4.69, 9.17) is 31.1 Å². The minimum Gasteiger partial charge on any atom is -0.481 e. The number of nitrogens with one attached hydrogen (secondary N) is 1. The molecule has 0 aromatic rings. The zero-order valence-corrected chi connectivity index (χ0v) is 48.2. The molecule has 0 aliphatic rings. The first kappa shape index (κ1) is 82.6. The average Bonchev–Trinajstić information content (AvgIpc) is 3.22. The quantitative estimate of drug-likeness (QED) is 0.0271. The average molecular weight is 1270 g/mol. The summed E-state index contributed by atoms with van der Waals surface area (Å²) in [6.07, 6.45) is 19.8. The Hall–Kier alpha value is -1.27. The van der Waals surface area contributed by atoms with Gasteiger partial charge in [0.15, 0.2) is 0 Å². The molecule has 460 valence electrons. The number of unbranched alkanes of at least 4 members (excludes halogenated alkanes) is 21. The van der Waals surface area contributed by atoms with Crippen molar-refractivity contribution in [2.75, 3.05) is 40.4 Å². The van der Waals surface area contributed by atoms with Crippen LogP contribution in [0.3, 0.4) is 0 Å². The van der Waals surface area contributed by atoms with Gasteiger partial charge in [0.05, 0.1) is 16.2 Å². The molecule has 0 aliphatic carbocycles. The number of amides is 1. The number of carbonyl (C=O) groups excluding carboxylic acids is 2. The maximum atomic E-state index is 12.0. The van der Waals surface area contributed by atoms with Gasteiger partial charge in [-0.3, -0.25) is 14.4 Å². The lowest BCUT2D eigenvalue weighted by Gasteiger charge is -2.36. The Bertz CT molecular complexity index is 1570. The van der Waals surface area contributed by atoms with E-state index in [1.54, 1.807) is 11.9 Å². The standard InChI is InChI=1S/C17H32F5NO2S.C10H16ClF5OS.C10H17F5O2S.C7H17NO.Cl2OS/c1-23(14-10-6-7-11-15-24)17(25)13-9-5-3-2-4-8-12-16-26(18,19,20,21)22;11-10(17)8-6-4-2-1-3-5-7-9-18(12,13,14,15)16;11-18(12,13,14,15)9-7-5-3-1-2-4-6-8-10(16)17;1-8-6-4-2-3-5-7-9;1-4(2)3/h12,16,24H,2-11,13-15H2,1H3;7,9H,1-6,8H2;7,9H,1-6,8H2,(H,16,17);8-9H,2-7H2,1H3;/b16-12+;2*9-7+;;. The normalized spacial score (nSPS) is 14.8. The van der Waals surface area contributed by atoms with Crippen LogP contribution in [0, 0.1) is 0 Å². The number of nitrogens with zero attached hydrogens (tertiary/aromatic N) is 1. The number of carbonyl (C=O) groups is 3. The van der Waals surface area contributed by atoms with E-state index in [9.17, 15) is 72.7 Å². The van der Waals surface area contributed by atoms with Gasteiger partial charge in [-0.1, -0.05) is 160 Å². The predicted octanol–water partition coefficient (Wildman–Crippen LogP) is 20.3. The van der Waals surface area contributed by atoms with E-state index in [-0.39, 0.29) is 44.6 Å². The lowest BCUT2D eigenvalue weighted by Crippen LogP contribution is -2.27. The van der Waals surface area contributed by atoms with Crippen LogP contribution in [0.1, 0.15) is 186 Å². The summed E-state index contributed by atoms with van der Waals surface area (Å²) in [5.74, 6) is -0.806. The van der Waals surface area contributed by atoms with Crippen molar-refractivity contribution in [2.24, 2.45) is 0 Å². The minimum absolute atomic E-state index is 0.0243. The zero-order chi connectivity index (χ0) is 59.4. The molecule has 0 aliphatic heterocycles. The molecule has 0 spiro atoms. The predicted molar refractivity (Wildman–Crippen MR) is 285 cm³/mol. The molecule has 75 heavy (non-hydrogen) atoms. The smallest absolute Gasteiger partial charge is 0.304 e. The Balaban J connectivity index is -0.000000296. The lowest BCUT2D eigenvalue weighted by molar-refractivity contribution is -0.137. The molecule has 0 fully saturated rings. The summed E-state index contributed by atoms with van der Waals surface area (Å²) in [6.45, 7) is 2.34. The number of halogens is 18. The van der Waals surface area contributed by atoms with Gasteiger partial charge >= 0.3 is 36.6 Å². The number of aliphatic hydroxyl groups is 2. The molecule has 31 heteroatoms. The first-order valence-electron chi connectivity index (χ1n) is 24.3. The summed E-state index contributed by atoms with van der Waals surface area (Å²) in [5, 5.41) is 25.4. The molecule has 0 saturated carbocycles. The van der Waals surface area contributed by atoms with E-state index >= 15 is 0 Å². The SMILES string of the molecule is CN(CCCCCCO)C(=O)CCCCCCC/C=C/S(F)(F)(F)(F)F.CNCCCCCCO.O=C(Cl)CCCCCCC/C=C/S(F)(F)(F)(F)F.O=C(O)CCCCCCC/C=C/S(F)(F)(F)(F)F.O=S(Cl)Cl. The van der Waals surface area contributed by atoms with E-state index in [1.807, 2.05) is 7.05 Å². The van der Waals surface area contributed by atoms with E-state index in [1.165, 1.54) is 12.8 Å². The van der Waals surface area contributed by atoms with Crippen molar-refractivity contribution in [3.63, 3.8) is 0 Å². The Morgan fingerprint density at radius 3 is 1.07 bits per heavy atom. The van der Waals surface area contributed by atoms with Gasteiger partial charge in [0, 0.05) is 67.4 Å². The van der Waals surface area contributed by atoms with Gasteiger partial charge in [-0.15, -0.1) is 0 Å². The molecule has 0 bridgehead atoms. The third kappa shape index (κ3) is 98.7. The monoisotopic (exact) mass is 1270 g/mol. The van der Waals surface area contributed by atoms with Gasteiger partial charge in [-0.05, 0) is 109 Å². The largest absolute Gasteiger partial charge is 0.481 e. The van der Waals surface area contributed by atoms with Gasteiger partial charge in [0.2, 0.25) is 20.4 Å². The number of carboxylic acid groups (broad SMARTS) is 1. The molecule has 0 saturated heterocycles. The van der Waals surface area contributed by atoms with Gasteiger partial charge < -0.3 is 25.5 Å². The fourth-order valence-electron chi connectivity index (χ4n) is 5.84. The van der Waals surface area contributed by atoms with Crippen LogP contribution in [0.5, 0.6) is 0 Å². The summed E-state index contributed by atoms with van der Waals surface area (Å²) in [4.78, 5) is 34.1. The van der Waals surface area contributed by atoms with Crippen molar-refractivity contribution in [3.05, 3.63) is 34.5 Å². The van der Waals surface area contributed by atoms with Crippen molar-refractivity contribution in [2.45, 2.75) is 186 Å². The highest BCUT2D eigenvalue weighted by Crippen LogP contribution is 3.00. The van der Waals surface area contributed by atoms with Crippen molar-refractivity contribution >= 4 is 90.0 Å². The van der Waals surface area contributed by atoms with E-state index in [2.05, 4.69) is 26.7 Å². The van der Waals surface area contributed by atoms with Crippen LogP contribution in [-0.4, -0.2) is 81.9 Å². The molecule has 0 aromatic heterocycles. The molecular weight excluding hydrogens is 1190 g/mol. The van der Waals surface area contributed by atoms with E-state index in [0.717, 1.165) is 77.2 Å².